The smallest absolute Gasteiger partial charge is 0.215 e. The molecule has 0 aromatic carbocycles. The van der Waals surface area contributed by atoms with Crippen LogP contribution in [0.5, 0.6) is 0 Å². The van der Waals surface area contributed by atoms with Crippen molar-refractivity contribution in [1.82, 2.24) is 10.7 Å². The van der Waals surface area contributed by atoms with Gasteiger partial charge in [-0.1, -0.05) is 6.07 Å². The lowest BCUT2D eigenvalue weighted by atomic mass is 10.4. The Morgan fingerprint density at radius 1 is 1.55 bits per heavy atom. The number of thiophene rings is 1. The molecule has 0 unspecified atom stereocenters. The average Bonchev–Trinajstić information content (AvgIpc) is 2.55. The number of rotatable bonds is 1. The topological polar surface area (TPSA) is 38.5 Å². The molecule has 0 saturated heterocycles. The second kappa shape index (κ2) is 2.60. The molecular weight excluding hydrogens is 178 g/mol. The van der Waals surface area contributed by atoms with Crippen LogP contribution < -0.4 is 10.7 Å². The van der Waals surface area contributed by atoms with Crippen LogP contribution in [0, 0.1) is 0 Å². The van der Waals surface area contributed by atoms with E-state index in [-0.39, 0.29) is 0 Å². The maximum Gasteiger partial charge on any atom is 0.215 e. The molecule has 0 saturated carbocycles. The van der Waals surface area contributed by atoms with E-state index in [1.165, 1.54) is 0 Å². The highest BCUT2D eigenvalue weighted by Crippen LogP contribution is 2.10. The summed E-state index contributed by atoms with van der Waals surface area (Å²) in [5, 5.41) is 10.4. The van der Waals surface area contributed by atoms with Gasteiger partial charge in [-0.3, -0.25) is 0 Å². The Kier molecular flexibility index (Phi) is 1.59. The Morgan fingerprint density at radius 2 is 2.45 bits per heavy atom. The van der Waals surface area contributed by atoms with Gasteiger partial charge in [0.2, 0.25) is 5.11 Å². The predicted molar refractivity (Wildman–Crippen MR) is 48.7 cm³/mol. The summed E-state index contributed by atoms with van der Waals surface area (Å²) >= 11 is 6.38. The lowest BCUT2D eigenvalue weighted by Crippen LogP contribution is -2.19. The van der Waals surface area contributed by atoms with Crippen molar-refractivity contribution in [3.8, 4) is 0 Å². The van der Waals surface area contributed by atoms with Crippen molar-refractivity contribution in [1.29, 1.82) is 0 Å². The summed E-state index contributed by atoms with van der Waals surface area (Å²) in [5.41, 5.74) is 2.62. The molecule has 2 heterocycles. The van der Waals surface area contributed by atoms with Crippen molar-refractivity contribution >= 4 is 34.5 Å². The quantitative estimate of drug-likeness (QED) is 0.655. The third kappa shape index (κ3) is 1.24. The van der Waals surface area contributed by atoms with Gasteiger partial charge in [0.05, 0.1) is 4.88 Å². The highest BCUT2D eigenvalue weighted by Gasteiger charge is 2.14. The van der Waals surface area contributed by atoms with Gasteiger partial charge in [-0.15, -0.1) is 11.3 Å². The zero-order valence-electron chi connectivity index (χ0n) is 5.44. The van der Waals surface area contributed by atoms with Gasteiger partial charge in [0.15, 0.2) is 5.84 Å². The van der Waals surface area contributed by atoms with Gasteiger partial charge in [-0.2, -0.15) is 10.4 Å². The van der Waals surface area contributed by atoms with Crippen molar-refractivity contribution < 1.29 is 0 Å². The van der Waals surface area contributed by atoms with E-state index in [0.29, 0.717) is 10.9 Å². The number of hydrogen-bond donors (Lipinski definition) is 1. The van der Waals surface area contributed by atoms with Crippen LogP contribution in [0.1, 0.15) is 4.88 Å². The van der Waals surface area contributed by atoms with Crippen molar-refractivity contribution in [3.63, 3.8) is 0 Å². The maximum absolute atomic E-state index is 4.78. The minimum atomic E-state index is 0.438. The van der Waals surface area contributed by atoms with E-state index >= 15 is 0 Å². The molecule has 1 aliphatic rings. The van der Waals surface area contributed by atoms with Crippen molar-refractivity contribution in [2.24, 2.45) is 5.10 Å². The minimum Gasteiger partial charge on any atom is -0.250 e. The van der Waals surface area contributed by atoms with E-state index in [0.717, 1.165) is 4.88 Å². The fourth-order valence-corrected chi connectivity index (χ4v) is 1.55. The van der Waals surface area contributed by atoms with E-state index in [4.69, 9.17) is 12.2 Å². The minimum absolute atomic E-state index is 0.438. The zero-order chi connectivity index (χ0) is 7.68. The molecule has 5 heteroatoms. The predicted octanol–water partition coefficient (Wildman–Crippen LogP) is 0.902. The monoisotopic (exact) mass is 182 g/mol. The first-order chi connectivity index (χ1) is 5.36. The average molecular weight is 182 g/mol. The van der Waals surface area contributed by atoms with Gasteiger partial charge in [0.1, 0.15) is 0 Å². The number of nitrogens with zero attached hydrogens (tertiary/aromatic N) is 2. The van der Waals surface area contributed by atoms with Crippen molar-refractivity contribution in [2.75, 3.05) is 0 Å². The highest BCUT2D eigenvalue weighted by molar-refractivity contribution is 7.80. The summed E-state index contributed by atoms with van der Waals surface area (Å²) in [7, 11) is 0. The first-order valence-corrected chi connectivity index (χ1v) is 4.28. The van der Waals surface area contributed by atoms with Crippen LogP contribution in [-0.4, -0.2) is 10.9 Å². The molecule has 1 aliphatic heterocycles. The molecule has 1 aromatic heterocycles. The standard InChI is InChI=1S/C6H4N3S2/c10-6-7-5(8-9-6)4-2-1-3-11-4/h1-3H,(H,9,10). The van der Waals surface area contributed by atoms with E-state index in [9.17, 15) is 0 Å². The molecule has 0 bridgehead atoms. The Labute approximate surface area is 73.1 Å². The Balaban J connectivity index is 2.26. The Bertz CT molecular complexity index is 302. The lowest BCUT2D eigenvalue weighted by Gasteiger charge is -1.89. The summed E-state index contributed by atoms with van der Waals surface area (Å²) in [6.45, 7) is 0. The molecule has 1 aromatic rings. The van der Waals surface area contributed by atoms with Gasteiger partial charge in [-0.25, -0.2) is 5.43 Å². The summed E-state index contributed by atoms with van der Waals surface area (Å²) in [4.78, 5) is 1.04. The van der Waals surface area contributed by atoms with Crippen LogP contribution in [0.3, 0.4) is 0 Å². The second-order valence-corrected chi connectivity index (χ2v) is 3.28. The molecule has 0 amide bonds. The zero-order valence-corrected chi connectivity index (χ0v) is 7.08. The molecule has 2 rings (SSSR count). The van der Waals surface area contributed by atoms with Crippen LogP contribution in [0.25, 0.3) is 0 Å². The molecule has 3 nitrogen and oxygen atoms in total. The van der Waals surface area contributed by atoms with E-state index in [1.807, 2.05) is 17.5 Å². The van der Waals surface area contributed by atoms with Gasteiger partial charge >= 0.3 is 0 Å². The van der Waals surface area contributed by atoms with Crippen LogP contribution in [-0.2, 0) is 0 Å². The van der Waals surface area contributed by atoms with Gasteiger partial charge in [-0.05, 0) is 23.7 Å². The molecule has 1 N–H and O–H groups in total. The first-order valence-electron chi connectivity index (χ1n) is 2.99. The fourth-order valence-electron chi connectivity index (χ4n) is 0.763. The van der Waals surface area contributed by atoms with Gasteiger partial charge in [0.25, 0.3) is 0 Å². The number of nitrogens with one attached hydrogen (secondary N) is 1. The summed E-state index contributed by atoms with van der Waals surface area (Å²) < 4.78 is 0. The van der Waals surface area contributed by atoms with Crippen molar-refractivity contribution in [2.45, 2.75) is 0 Å². The number of thiocarbonyl (C=S) groups is 1. The fraction of sp³-hybridized carbons (Fsp3) is 0. The molecule has 11 heavy (non-hydrogen) atoms. The van der Waals surface area contributed by atoms with Crippen LogP contribution >= 0.6 is 23.6 Å². The normalized spacial score (nSPS) is 15.6. The maximum atomic E-state index is 4.78. The number of amidine groups is 1. The van der Waals surface area contributed by atoms with Crippen LogP contribution in [0.2, 0.25) is 0 Å². The van der Waals surface area contributed by atoms with Gasteiger partial charge < -0.3 is 0 Å². The molecule has 0 aliphatic carbocycles. The van der Waals surface area contributed by atoms with E-state index in [1.54, 1.807) is 11.3 Å². The number of hydrazone groups is 1. The molecular formula is C6H4N3S2. The van der Waals surface area contributed by atoms with E-state index < -0.39 is 0 Å². The molecule has 55 valence electrons. The Morgan fingerprint density at radius 3 is 3.00 bits per heavy atom. The largest absolute Gasteiger partial charge is 0.250 e. The van der Waals surface area contributed by atoms with Crippen molar-refractivity contribution in [3.05, 3.63) is 22.4 Å². The molecule has 0 spiro atoms. The Hall–Kier alpha value is -0.940. The van der Waals surface area contributed by atoms with E-state index in [2.05, 4.69) is 15.8 Å². The summed E-state index contributed by atoms with van der Waals surface area (Å²) in [5.74, 6) is 0.685. The molecule has 1 radical (unpaired) electrons. The third-order valence-corrected chi connectivity index (χ3v) is 2.25. The molecule has 0 atom stereocenters. The molecule has 0 fully saturated rings. The number of hydrogen-bond acceptors (Lipinski definition) is 3. The lowest BCUT2D eigenvalue weighted by molar-refractivity contribution is 1.07. The SMILES string of the molecule is S=C1[N]C(c2cccs2)=NN1. The van der Waals surface area contributed by atoms with Crippen LogP contribution in [0.4, 0.5) is 0 Å². The second-order valence-electron chi connectivity index (χ2n) is 1.94. The van der Waals surface area contributed by atoms with Crippen LogP contribution in [0.15, 0.2) is 22.6 Å². The van der Waals surface area contributed by atoms with Gasteiger partial charge in [0, 0.05) is 0 Å². The highest BCUT2D eigenvalue weighted by atomic mass is 32.1. The first kappa shape index (κ1) is 6.75. The third-order valence-electron chi connectivity index (χ3n) is 1.21. The summed E-state index contributed by atoms with van der Waals surface area (Å²) in [6.07, 6.45) is 0. The summed E-state index contributed by atoms with van der Waals surface area (Å²) in [6, 6.07) is 3.92.